The Morgan fingerprint density at radius 2 is 1.86 bits per heavy atom. The molecule has 0 aromatic heterocycles. The monoisotopic (exact) mass is 400 g/mol. The van der Waals surface area contributed by atoms with Crippen LogP contribution in [0.2, 0.25) is 0 Å². The van der Waals surface area contributed by atoms with Crippen LogP contribution in [0.1, 0.15) is 27.0 Å². The maximum Gasteiger partial charge on any atom is 0.338 e. The fourth-order valence-electron chi connectivity index (χ4n) is 2.84. The highest BCUT2D eigenvalue weighted by Crippen LogP contribution is 2.23. The molecule has 0 spiro atoms. The van der Waals surface area contributed by atoms with Crippen LogP contribution in [0.3, 0.4) is 0 Å². The van der Waals surface area contributed by atoms with Gasteiger partial charge in [0.15, 0.2) is 0 Å². The van der Waals surface area contributed by atoms with Crippen LogP contribution in [-0.4, -0.2) is 45.0 Å². The van der Waals surface area contributed by atoms with E-state index in [9.17, 15) is 13.2 Å². The van der Waals surface area contributed by atoms with Crippen molar-refractivity contribution in [3.63, 3.8) is 0 Å². The first-order chi connectivity index (χ1) is 13.4. The highest BCUT2D eigenvalue weighted by atomic mass is 32.2. The first kappa shape index (κ1) is 20.0. The van der Waals surface area contributed by atoms with Crippen molar-refractivity contribution >= 4 is 16.0 Å². The van der Waals surface area contributed by atoms with Gasteiger partial charge in [-0.15, -0.1) is 0 Å². The predicted octanol–water partition coefficient (Wildman–Crippen LogP) is 2.24. The molecule has 1 saturated heterocycles. The van der Waals surface area contributed by atoms with Crippen molar-refractivity contribution in [3.05, 3.63) is 64.7 Å². The fourth-order valence-corrected chi connectivity index (χ4v) is 4.50. The largest absolute Gasteiger partial charge is 0.457 e. The Hall–Kier alpha value is -2.73. The summed E-state index contributed by atoms with van der Waals surface area (Å²) < 4.78 is 37.7. The lowest BCUT2D eigenvalue weighted by atomic mass is 10.1. The zero-order valence-electron chi connectivity index (χ0n) is 15.4. The Balaban J connectivity index is 1.76. The van der Waals surface area contributed by atoms with E-state index >= 15 is 0 Å². The van der Waals surface area contributed by atoms with E-state index < -0.39 is 16.0 Å². The number of ether oxygens (including phenoxy) is 2. The number of nitrogens with zero attached hydrogens (tertiary/aromatic N) is 2. The van der Waals surface area contributed by atoms with Gasteiger partial charge in [-0.25, -0.2) is 13.2 Å². The molecule has 0 bridgehead atoms. The summed E-state index contributed by atoms with van der Waals surface area (Å²) in [7, 11) is -3.71. The third-order valence-corrected chi connectivity index (χ3v) is 6.51. The van der Waals surface area contributed by atoms with E-state index in [0.717, 1.165) is 5.56 Å². The van der Waals surface area contributed by atoms with Crippen molar-refractivity contribution in [2.45, 2.75) is 18.4 Å². The SMILES string of the molecule is Cc1ccc(C(=O)OCc2ccc(C#N)cc2)cc1S(=O)(=O)N1CCOCC1. The van der Waals surface area contributed by atoms with E-state index in [2.05, 4.69) is 0 Å². The standard InChI is InChI=1S/C20H20N2O5S/c1-15-2-7-18(12-19(15)28(24,25)22-8-10-26-11-9-22)20(23)27-14-17-5-3-16(13-21)4-6-17/h2-7,12H,8-11,14H2,1H3. The van der Waals surface area contributed by atoms with Crippen LogP contribution in [0, 0.1) is 18.3 Å². The van der Waals surface area contributed by atoms with E-state index in [1.165, 1.54) is 10.4 Å². The summed E-state index contributed by atoms with van der Waals surface area (Å²) in [6, 6.07) is 13.2. The summed E-state index contributed by atoms with van der Waals surface area (Å²) in [5.41, 5.74) is 1.99. The molecule has 0 radical (unpaired) electrons. The number of esters is 1. The second kappa shape index (κ2) is 8.52. The van der Waals surface area contributed by atoms with Crippen LogP contribution in [0.25, 0.3) is 0 Å². The molecular formula is C20H20N2O5S. The molecule has 0 amide bonds. The molecule has 0 atom stereocenters. The molecule has 28 heavy (non-hydrogen) atoms. The van der Waals surface area contributed by atoms with Crippen molar-refractivity contribution in [3.8, 4) is 6.07 Å². The lowest BCUT2D eigenvalue weighted by Crippen LogP contribution is -2.40. The van der Waals surface area contributed by atoms with E-state index in [4.69, 9.17) is 14.7 Å². The lowest BCUT2D eigenvalue weighted by Gasteiger charge is -2.26. The van der Waals surface area contributed by atoms with E-state index in [-0.39, 0.29) is 30.2 Å². The summed E-state index contributed by atoms with van der Waals surface area (Å²) >= 11 is 0. The number of nitriles is 1. The number of carbonyl (C=O) groups excluding carboxylic acids is 1. The minimum absolute atomic E-state index is 0.0317. The molecule has 3 rings (SSSR count). The van der Waals surface area contributed by atoms with Crippen molar-refractivity contribution in [2.75, 3.05) is 26.3 Å². The van der Waals surface area contributed by atoms with E-state index in [0.29, 0.717) is 24.3 Å². The van der Waals surface area contributed by atoms with E-state index in [1.807, 2.05) is 6.07 Å². The Morgan fingerprint density at radius 1 is 1.18 bits per heavy atom. The van der Waals surface area contributed by atoms with Crippen molar-refractivity contribution in [1.82, 2.24) is 4.31 Å². The maximum atomic E-state index is 12.9. The van der Waals surface area contributed by atoms with Crippen molar-refractivity contribution in [2.24, 2.45) is 0 Å². The van der Waals surface area contributed by atoms with Gasteiger partial charge in [0.1, 0.15) is 6.61 Å². The summed E-state index contributed by atoms with van der Waals surface area (Å²) in [4.78, 5) is 12.5. The van der Waals surface area contributed by atoms with Gasteiger partial charge < -0.3 is 9.47 Å². The average molecular weight is 400 g/mol. The first-order valence-corrected chi connectivity index (χ1v) is 10.2. The van der Waals surface area contributed by atoms with Crippen LogP contribution in [0.4, 0.5) is 0 Å². The first-order valence-electron chi connectivity index (χ1n) is 8.76. The van der Waals surface area contributed by atoms with Gasteiger partial charge in [-0.3, -0.25) is 0 Å². The Morgan fingerprint density at radius 3 is 2.50 bits per heavy atom. The maximum absolute atomic E-state index is 12.9. The zero-order chi connectivity index (χ0) is 20.1. The topological polar surface area (TPSA) is 96.7 Å². The zero-order valence-corrected chi connectivity index (χ0v) is 16.2. The normalized spacial score (nSPS) is 15.0. The molecule has 0 saturated carbocycles. The molecule has 1 fully saturated rings. The predicted molar refractivity (Wildman–Crippen MR) is 101 cm³/mol. The molecule has 0 unspecified atom stereocenters. The van der Waals surface area contributed by atoms with Gasteiger partial charge in [0.2, 0.25) is 10.0 Å². The van der Waals surface area contributed by atoms with Crippen LogP contribution >= 0.6 is 0 Å². The minimum Gasteiger partial charge on any atom is -0.457 e. The number of benzene rings is 2. The Kier molecular flexibility index (Phi) is 6.09. The van der Waals surface area contributed by atoms with Gasteiger partial charge in [0.05, 0.1) is 35.3 Å². The second-order valence-corrected chi connectivity index (χ2v) is 8.29. The number of hydrogen-bond acceptors (Lipinski definition) is 6. The van der Waals surface area contributed by atoms with Gasteiger partial charge in [0.25, 0.3) is 0 Å². The minimum atomic E-state index is -3.71. The van der Waals surface area contributed by atoms with Crippen molar-refractivity contribution < 1.29 is 22.7 Å². The summed E-state index contributed by atoms with van der Waals surface area (Å²) in [6.07, 6.45) is 0. The van der Waals surface area contributed by atoms with Gasteiger partial charge in [-0.2, -0.15) is 9.57 Å². The van der Waals surface area contributed by atoms with Crippen LogP contribution in [0.5, 0.6) is 0 Å². The van der Waals surface area contributed by atoms with Crippen LogP contribution in [0.15, 0.2) is 47.4 Å². The Labute approximate surface area is 164 Å². The van der Waals surface area contributed by atoms with E-state index in [1.54, 1.807) is 43.3 Å². The fraction of sp³-hybridized carbons (Fsp3) is 0.300. The number of morpholine rings is 1. The number of rotatable bonds is 5. The quantitative estimate of drug-likeness (QED) is 0.714. The lowest BCUT2D eigenvalue weighted by molar-refractivity contribution is 0.0472. The van der Waals surface area contributed by atoms with Crippen LogP contribution in [-0.2, 0) is 26.1 Å². The Bertz CT molecular complexity index is 1000. The third-order valence-electron chi connectivity index (χ3n) is 4.46. The summed E-state index contributed by atoms with van der Waals surface area (Å²) in [6.45, 7) is 3.00. The molecule has 1 aliphatic heterocycles. The van der Waals surface area contributed by atoms with Gasteiger partial charge in [-0.1, -0.05) is 18.2 Å². The molecule has 2 aromatic carbocycles. The van der Waals surface area contributed by atoms with Gasteiger partial charge in [-0.05, 0) is 42.3 Å². The number of carbonyl (C=O) groups is 1. The highest BCUT2D eigenvalue weighted by molar-refractivity contribution is 7.89. The number of hydrogen-bond donors (Lipinski definition) is 0. The van der Waals surface area contributed by atoms with Crippen LogP contribution < -0.4 is 0 Å². The van der Waals surface area contributed by atoms with Crippen molar-refractivity contribution in [1.29, 1.82) is 5.26 Å². The molecule has 1 heterocycles. The smallest absolute Gasteiger partial charge is 0.338 e. The molecule has 0 aliphatic carbocycles. The number of aryl methyl sites for hydroxylation is 1. The molecule has 146 valence electrons. The highest BCUT2D eigenvalue weighted by Gasteiger charge is 2.28. The molecule has 8 heteroatoms. The molecule has 7 nitrogen and oxygen atoms in total. The average Bonchev–Trinajstić information content (AvgIpc) is 2.73. The summed E-state index contributed by atoms with van der Waals surface area (Å²) in [5, 5.41) is 8.81. The second-order valence-electron chi connectivity index (χ2n) is 6.38. The molecule has 1 aliphatic rings. The van der Waals surface area contributed by atoms with Gasteiger partial charge >= 0.3 is 5.97 Å². The molecular weight excluding hydrogens is 380 g/mol. The molecule has 0 N–H and O–H groups in total. The number of sulfonamides is 1. The summed E-state index contributed by atoms with van der Waals surface area (Å²) in [5.74, 6) is -0.609. The third kappa shape index (κ3) is 4.39. The van der Waals surface area contributed by atoms with Gasteiger partial charge in [0, 0.05) is 13.1 Å². The molecule has 2 aromatic rings.